The smallest absolute Gasteiger partial charge is 0.217 e. The van der Waals surface area contributed by atoms with Crippen LogP contribution in [-0.2, 0) is 9.53 Å². The fourth-order valence-electron chi connectivity index (χ4n) is 2.36. The van der Waals surface area contributed by atoms with Crippen molar-refractivity contribution in [3.05, 3.63) is 0 Å². The molecule has 13 heavy (non-hydrogen) atoms. The lowest BCUT2D eigenvalue weighted by Gasteiger charge is -2.52. The Balaban J connectivity index is 1.94. The Morgan fingerprint density at radius 2 is 2.38 bits per heavy atom. The molecule has 0 aromatic carbocycles. The minimum absolute atomic E-state index is 0.0203. The van der Waals surface area contributed by atoms with Crippen LogP contribution in [-0.4, -0.2) is 30.7 Å². The maximum Gasteiger partial charge on any atom is 0.217 e. The summed E-state index contributed by atoms with van der Waals surface area (Å²) in [5.41, 5.74) is 5.93. The molecule has 1 heterocycles. The van der Waals surface area contributed by atoms with Gasteiger partial charge >= 0.3 is 0 Å². The molecule has 1 saturated heterocycles. The number of carbonyl (C=O) groups is 1. The number of nitrogens with one attached hydrogen (secondary N) is 1. The van der Waals surface area contributed by atoms with Gasteiger partial charge in [0.25, 0.3) is 0 Å². The SMILES string of the molecule is CC(=O)NC1C(N)C2CCCOC21. The first-order valence-electron chi connectivity index (χ1n) is 4.84. The summed E-state index contributed by atoms with van der Waals surface area (Å²) >= 11 is 0. The molecule has 1 aliphatic carbocycles. The predicted molar refractivity (Wildman–Crippen MR) is 48.0 cm³/mol. The molecule has 0 aromatic rings. The van der Waals surface area contributed by atoms with E-state index in [4.69, 9.17) is 10.5 Å². The average Bonchev–Trinajstić information content (AvgIpc) is 2.13. The largest absolute Gasteiger partial charge is 0.376 e. The second-order valence-electron chi connectivity index (χ2n) is 3.95. The average molecular weight is 184 g/mol. The van der Waals surface area contributed by atoms with Crippen LogP contribution in [0.25, 0.3) is 0 Å². The van der Waals surface area contributed by atoms with Crippen molar-refractivity contribution < 1.29 is 9.53 Å². The van der Waals surface area contributed by atoms with E-state index < -0.39 is 0 Å². The molecule has 1 saturated carbocycles. The van der Waals surface area contributed by atoms with Crippen molar-refractivity contribution in [2.75, 3.05) is 6.61 Å². The van der Waals surface area contributed by atoms with Gasteiger partial charge in [0.15, 0.2) is 0 Å². The lowest BCUT2D eigenvalue weighted by atomic mass is 9.68. The molecule has 4 unspecified atom stereocenters. The van der Waals surface area contributed by atoms with Crippen molar-refractivity contribution in [3.8, 4) is 0 Å². The zero-order valence-corrected chi connectivity index (χ0v) is 7.82. The first-order chi connectivity index (χ1) is 6.20. The van der Waals surface area contributed by atoms with Gasteiger partial charge in [-0.25, -0.2) is 0 Å². The first-order valence-corrected chi connectivity index (χ1v) is 4.84. The number of ether oxygens (including phenoxy) is 1. The zero-order valence-electron chi connectivity index (χ0n) is 7.82. The number of hydrogen-bond acceptors (Lipinski definition) is 3. The summed E-state index contributed by atoms with van der Waals surface area (Å²) in [7, 11) is 0. The van der Waals surface area contributed by atoms with Crippen molar-refractivity contribution in [3.63, 3.8) is 0 Å². The van der Waals surface area contributed by atoms with E-state index in [9.17, 15) is 4.79 Å². The molecular formula is C9H16N2O2. The topological polar surface area (TPSA) is 64.4 Å². The Kier molecular flexibility index (Phi) is 2.26. The highest BCUT2D eigenvalue weighted by molar-refractivity contribution is 5.73. The van der Waals surface area contributed by atoms with E-state index in [1.54, 1.807) is 0 Å². The van der Waals surface area contributed by atoms with E-state index in [1.807, 2.05) is 0 Å². The van der Waals surface area contributed by atoms with Crippen LogP contribution in [0.2, 0.25) is 0 Å². The van der Waals surface area contributed by atoms with E-state index >= 15 is 0 Å². The molecule has 0 spiro atoms. The van der Waals surface area contributed by atoms with E-state index in [0.717, 1.165) is 19.4 Å². The Bertz CT molecular complexity index is 220. The molecule has 4 atom stereocenters. The number of carbonyl (C=O) groups excluding carboxylic acids is 1. The molecule has 0 aromatic heterocycles. The Morgan fingerprint density at radius 3 is 3.08 bits per heavy atom. The van der Waals surface area contributed by atoms with Crippen LogP contribution >= 0.6 is 0 Å². The van der Waals surface area contributed by atoms with Gasteiger partial charge in [0.05, 0.1) is 12.1 Å². The predicted octanol–water partition coefficient (Wildman–Crippen LogP) is -0.373. The van der Waals surface area contributed by atoms with Crippen LogP contribution < -0.4 is 11.1 Å². The Hall–Kier alpha value is -0.610. The van der Waals surface area contributed by atoms with Crippen LogP contribution in [0.1, 0.15) is 19.8 Å². The molecule has 0 radical (unpaired) electrons. The summed E-state index contributed by atoms with van der Waals surface area (Å²) in [5, 5.41) is 2.84. The number of hydrogen-bond donors (Lipinski definition) is 2. The zero-order chi connectivity index (χ0) is 9.42. The lowest BCUT2D eigenvalue weighted by molar-refractivity contribution is -0.137. The van der Waals surface area contributed by atoms with Gasteiger partial charge < -0.3 is 15.8 Å². The van der Waals surface area contributed by atoms with Crippen LogP contribution in [0, 0.1) is 5.92 Å². The van der Waals surface area contributed by atoms with Gasteiger partial charge in [-0.3, -0.25) is 4.79 Å². The maximum absolute atomic E-state index is 10.8. The molecule has 0 bridgehead atoms. The van der Waals surface area contributed by atoms with Gasteiger partial charge in [-0.2, -0.15) is 0 Å². The number of amides is 1. The van der Waals surface area contributed by atoms with Crippen LogP contribution in [0.5, 0.6) is 0 Å². The normalized spacial score (nSPS) is 43.2. The van der Waals surface area contributed by atoms with E-state index in [-0.39, 0.29) is 24.1 Å². The number of nitrogens with two attached hydrogens (primary N) is 1. The van der Waals surface area contributed by atoms with Gasteiger partial charge in [-0.1, -0.05) is 0 Å². The van der Waals surface area contributed by atoms with Gasteiger partial charge in [-0.15, -0.1) is 0 Å². The molecule has 4 nitrogen and oxygen atoms in total. The van der Waals surface area contributed by atoms with E-state index in [1.165, 1.54) is 6.92 Å². The monoisotopic (exact) mass is 184 g/mol. The highest BCUT2D eigenvalue weighted by atomic mass is 16.5. The minimum Gasteiger partial charge on any atom is -0.376 e. The highest BCUT2D eigenvalue weighted by Crippen LogP contribution is 2.36. The summed E-state index contributed by atoms with van der Waals surface area (Å²) in [5.74, 6) is 0.443. The molecule has 4 heteroatoms. The summed E-state index contributed by atoms with van der Waals surface area (Å²) in [6.45, 7) is 2.33. The third-order valence-electron chi connectivity index (χ3n) is 3.05. The third kappa shape index (κ3) is 1.44. The molecule has 74 valence electrons. The van der Waals surface area contributed by atoms with Gasteiger partial charge in [0.2, 0.25) is 5.91 Å². The van der Waals surface area contributed by atoms with E-state index in [0.29, 0.717) is 5.92 Å². The minimum atomic E-state index is -0.0203. The summed E-state index contributed by atoms with van der Waals surface area (Å²) in [6, 6.07) is 0.136. The van der Waals surface area contributed by atoms with Crippen LogP contribution in [0.3, 0.4) is 0 Å². The van der Waals surface area contributed by atoms with Gasteiger partial charge in [0, 0.05) is 25.5 Å². The van der Waals surface area contributed by atoms with Crippen LogP contribution in [0.4, 0.5) is 0 Å². The number of rotatable bonds is 1. The maximum atomic E-state index is 10.8. The standard InChI is InChI=1S/C9H16N2O2/c1-5(12)11-8-7(10)6-3-2-4-13-9(6)8/h6-9H,2-4,10H2,1H3,(H,11,12). The molecule has 2 fully saturated rings. The lowest BCUT2D eigenvalue weighted by Crippen LogP contribution is -2.71. The van der Waals surface area contributed by atoms with Crippen LogP contribution in [0.15, 0.2) is 0 Å². The Labute approximate surface area is 77.8 Å². The first kappa shape index (κ1) is 8.97. The Morgan fingerprint density at radius 1 is 1.62 bits per heavy atom. The second kappa shape index (κ2) is 3.27. The molecule has 1 amide bonds. The number of fused-ring (bicyclic) bond motifs is 1. The molecule has 3 N–H and O–H groups in total. The third-order valence-corrected chi connectivity index (χ3v) is 3.05. The van der Waals surface area contributed by atoms with Gasteiger partial charge in [0.1, 0.15) is 0 Å². The molecular weight excluding hydrogens is 168 g/mol. The highest BCUT2D eigenvalue weighted by Gasteiger charge is 2.50. The summed E-state index contributed by atoms with van der Waals surface area (Å²) in [4.78, 5) is 10.8. The molecule has 2 rings (SSSR count). The fraction of sp³-hybridized carbons (Fsp3) is 0.889. The fourth-order valence-corrected chi connectivity index (χ4v) is 2.36. The van der Waals surface area contributed by atoms with Crippen molar-refractivity contribution >= 4 is 5.91 Å². The summed E-state index contributed by atoms with van der Waals surface area (Å²) < 4.78 is 5.57. The molecule has 2 aliphatic rings. The quantitative estimate of drug-likeness (QED) is 0.584. The second-order valence-corrected chi connectivity index (χ2v) is 3.95. The van der Waals surface area contributed by atoms with Crippen molar-refractivity contribution in [2.45, 2.75) is 38.0 Å². The summed E-state index contributed by atoms with van der Waals surface area (Å²) in [6.07, 6.45) is 2.41. The van der Waals surface area contributed by atoms with Crippen molar-refractivity contribution in [2.24, 2.45) is 11.7 Å². The van der Waals surface area contributed by atoms with Gasteiger partial charge in [-0.05, 0) is 12.8 Å². The molecule has 1 aliphatic heterocycles. The van der Waals surface area contributed by atoms with Crippen molar-refractivity contribution in [1.82, 2.24) is 5.32 Å². The van der Waals surface area contributed by atoms with E-state index in [2.05, 4.69) is 5.32 Å². The van der Waals surface area contributed by atoms with Crippen molar-refractivity contribution in [1.29, 1.82) is 0 Å².